The van der Waals surface area contributed by atoms with Gasteiger partial charge >= 0.3 is 5.97 Å². The van der Waals surface area contributed by atoms with Gasteiger partial charge in [-0.3, -0.25) is 0 Å². The van der Waals surface area contributed by atoms with E-state index >= 15 is 0 Å². The molecule has 0 aromatic heterocycles. The molecule has 0 amide bonds. The number of hydrogen-bond donors (Lipinski definition) is 0. The first-order valence-corrected chi connectivity index (χ1v) is 3.34. The first-order chi connectivity index (χ1) is 5.13. The minimum atomic E-state index is -0.539. The van der Waals surface area contributed by atoms with Crippen molar-refractivity contribution in [3.63, 3.8) is 0 Å². The number of rotatable bonds is 3. The molecule has 0 saturated heterocycles. The lowest BCUT2D eigenvalue weighted by molar-refractivity contribution is -0.133. The molecule has 0 aromatic rings. The summed E-state index contributed by atoms with van der Waals surface area (Å²) < 4.78 is 4.47. The van der Waals surface area contributed by atoms with Gasteiger partial charge in [-0.25, -0.2) is 4.79 Å². The molecule has 0 unspecified atom stereocenters. The molecule has 0 aliphatic rings. The number of allylic oxidation sites excluding steroid dienone is 1. The van der Waals surface area contributed by atoms with Crippen LogP contribution in [0, 0.1) is 0 Å². The molecular weight excluding hydrogens is 164 g/mol. The highest BCUT2D eigenvalue weighted by molar-refractivity contribution is 6.34. The summed E-state index contributed by atoms with van der Waals surface area (Å²) in [7, 11) is 0. The van der Waals surface area contributed by atoms with Crippen molar-refractivity contribution in [3.8, 4) is 0 Å². The van der Waals surface area contributed by atoms with Crippen LogP contribution < -0.4 is 0 Å². The molecule has 60 valence electrons. The van der Waals surface area contributed by atoms with Gasteiger partial charge in [0.1, 0.15) is 0 Å². The lowest BCUT2D eigenvalue weighted by atomic mass is 10.2. The maximum absolute atomic E-state index is 10.9. The number of carbonyl (C=O) groups is 1. The third-order valence-electron chi connectivity index (χ3n) is 0.991. The zero-order chi connectivity index (χ0) is 8.85. The van der Waals surface area contributed by atoms with Crippen molar-refractivity contribution in [2.45, 2.75) is 6.92 Å². The Morgan fingerprint density at radius 3 is 2.45 bits per heavy atom. The monoisotopic (exact) mass is 172 g/mol. The van der Waals surface area contributed by atoms with Gasteiger partial charge in [-0.1, -0.05) is 30.8 Å². The zero-order valence-electron chi connectivity index (χ0n) is 6.26. The molecule has 0 fully saturated rings. The van der Waals surface area contributed by atoms with Gasteiger partial charge in [0.2, 0.25) is 0 Å². The fourth-order valence-corrected chi connectivity index (χ4v) is 0.711. The van der Waals surface area contributed by atoms with Gasteiger partial charge in [-0.15, -0.1) is 0 Å². The second-order valence-corrected chi connectivity index (χ2v) is 2.14. The van der Waals surface area contributed by atoms with Crippen LogP contribution in [0.4, 0.5) is 0 Å². The second kappa shape index (κ2) is 4.74. The Morgan fingerprint density at radius 1 is 1.64 bits per heavy atom. The van der Waals surface area contributed by atoms with Crippen LogP contribution in [0.5, 0.6) is 0 Å². The third kappa shape index (κ3) is 3.05. The molecule has 0 heterocycles. The summed E-state index contributed by atoms with van der Waals surface area (Å²) in [6, 6.07) is 0. The smallest absolute Gasteiger partial charge is 0.344 e. The highest BCUT2D eigenvalue weighted by Gasteiger charge is 2.09. The summed E-state index contributed by atoms with van der Waals surface area (Å²) in [6.45, 7) is 8.30. The Balaban J connectivity index is 4.41. The molecular formula is C8H9ClO2. The molecule has 11 heavy (non-hydrogen) atoms. The average Bonchev–Trinajstić information content (AvgIpc) is 1.88. The highest BCUT2D eigenvalue weighted by atomic mass is 35.5. The maximum atomic E-state index is 10.9. The molecule has 3 heteroatoms. The van der Waals surface area contributed by atoms with Crippen molar-refractivity contribution in [2.24, 2.45) is 0 Å². The largest absolute Gasteiger partial charge is 0.432 e. The van der Waals surface area contributed by atoms with Crippen molar-refractivity contribution in [1.82, 2.24) is 0 Å². The molecule has 0 aliphatic carbocycles. The first kappa shape index (κ1) is 9.98. The minimum absolute atomic E-state index is 0.166. The number of esters is 1. The molecule has 0 atom stereocenters. The Bertz CT molecular complexity index is 216. The van der Waals surface area contributed by atoms with E-state index in [1.807, 2.05) is 0 Å². The fourth-order valence-electron chi connectivity index (χ4n) is 0.524. The molecule has 0 aromatic carbocycles. The van der Waals surface area contributed by atoms with E-state index in [2.05, 4.69) is 17.9 Å². The van der Waals surface area contributed by atoms with Crippen LogP contribution in [0.2, 0.25) is 0 Å². The van der Waals surface area contributed by atoms with E-state index < -0.39 is 5.97 Å². The van der Waals surface area contributed by atoms with E-state index in [4.69, 9.17) is 11.6 Å². The molecule has 0 radical (unpaired) electrons. The summed E-state index contributed by atoms with van der Waals surface area (Å²) in [4.78, 5) is 10.9. The predicted molar refractivity (Wildman–Crippen MR) is 45.0 cm³/mol. The summed E-state index contributed by atoms with van der Waals surface area (Å²) in [5.41, 5.74) is 0.256. The van der Waals surface area contributed by atoms with Gasteiger partial charge in [0.05, 0.1) is 11.8 Å². The summed E-state index contributed by atoms with van der Waals surface area (Å²) in [6.07, 6.45) is 2.58. The van der Waals surface area contributed by atoms with Crippen molar-refractivity contribution in [1.29, 1.82) is 0 Å². The zero-order valence-corrected chi connectivity index (χ0v) is 7.02. The van der Waals surface area contributed by atoms with Crippen LogP contribution in [-0.4, -0.2) is 5.97 Å². The van der Waals surface area contributed by atoms with Gasteiger partial charge in [0, 0.05) is 5.03 Å². The van der Waals surface area contributed by atoms with Crippen LogP contribution in [0.1, 0.15) is 6.92 Å². The number of hydrogen-bond acceptors (Lipinski definition) is 2. The van der Waals surface area contributed by atoms with E-state index in [0.29, 0.717) is 0 Å². The van der Waals surface area contributed by atoms with Crippen molar-refractivity contribution >= 4 is 17.6 Å². The van der Waals surface area contributed by atoms with E-state index in [0.717, 1.165) is 6.26 Å². The molecule has 0 bridgehead atoms. The van der Waals surface area contributed by atoms with Crippen molar-refractivity contribution in [3.05, 3.63) is 36.1 Å². The quantitative estimate of drug-likeness (QED) is 0.283. The standard InChI is InChI=1S/C8H9ClO2/c1-4-7(6(3)9)8(10)11-5-2/h4-5H,2-3H2,1H3. The Labute approximate surface area is 70.8 Å². The SMILES string of the molecule is C=COC(=O)C(=CC)C(=C)Cl. The van der Waals surface area contributed by atoms with E-state index in [-0.39, 0.29) is 10.6 Å². The molecule has 0 aliphatic heterocycles. The van der Waals surface area contributed by atoms with Gasteiger partial charge in [-0.05, 0) is 6.92 Å². The minimum Gasteiger partial charge on any atom is -0.432 e. The van der Waals surface area contributed by atoms with Gasteiger partial charge in [-0.2, -0.15) is 0 Å². The summed E-state index contributed by atoms with van der Waals surface area (Å²) in [5, 5.41) is 0.166. The molecule has 0 N–H and O–H groups in total. The highest BCUT2D eigenvalue weighted by Crippen LogP contribution is 2.13. The Hall–Kier alpha value is -1.02. The Morgan fingerprint density at radius 2 is 2.18 bits per heavy atom. The van der Waals surface area contributed by atoms with Gasteiger partial charge in [0.15, 0.2) is 0 Å². The van der Waals surface area contributed by atoms with E-state index in [1.165, 1.54) is 6.08 Å². The van der Waals surface area contributed by atoms with E-state index in [1.54, 1.807) is 6.92 Å². The van der Waals surface area contributed by atoms with Gasteiger partial charge in [0.25, 0.3) is 0 Å². The number of ether oxygens (including phenoxy) is 1. The van der Waals surface area contributed by atoms with E-state index in [9.17, 15) is 4.79 Å². The lowest BCUT2D eigenvalue weighted by Gasteiger charge is -2.00. The fraction of sp³-hybridized carbons (Fsp3) is 0.125. The normalized spacial score (nSPS) is 10.5. The Kier molecular flexibility index (Phi) is 4.30. The number of halogens is 1. The summed E-state index contributed by atoms with van der Waals surface area (Å²) in [5.74, 6) is -0.539. The third-order valence-corrected chi connectivity index (χ3v) is 1.19. The predicted octanol–water partition coefficient (Wildman–Crippen LogP) is 2.37. The van der Waals surface area contributed by atoms with Crippen molar-refractivity contribution < 1.29 is 9.53 Å². The van der Waals surface area contributed by atoms with Crippen LogP contribution in [0.25, 0.3) is 0 Å². The molecule has 0 rings (SSSR count). The molecule has 0 saturated carbocycles. The topological polar surface area (TPSA) is 26.3 Å². The van der Waals surface area contributed by atoms with Gasteiger partial charge < -0.3 is 4.74 Å². The maximum Gasteiger partial charge on any atom is 0.344 e. The summed E-state index contributed by atoms with van der Waals surface area (Å²) >= 11 is 5.48. The molecule has 0 spiro atoms. The second-order valence-electron chi connectivity index (χ2n) is 1.68. The number of carbonyl (C=O) groups excluding carboxylic acids is 1. The lowest BCUT2D eigenvalue weighted by Crippen LogP contribution is -2.03. The average molecular weight is 173 g/mol. The van der Waals surface area contributed by atoms with Crippen LogP contribution in [0.3, 0.4) is 0 Å². The van der Waals surface area contributed by atoms with Crippen molar-refractivity contribution in [2.75, 3.05) is 0 Å². The first-order valence-electron chi connectivity index (χ1n) is 2.96. The van der Waals surface area contributed by atoms with Crippen LogP contribution in [0.15, 0.2) is 36.1 Å². The van der Waals surface area contributed by atoms with Crippen LogP contribution in [-0.2, 0) is 9.53 Å². The van der Waals surface area contributed by atoms with Crippen LogP contribution >= 0.6 is 11.6 Å². The molecule has 2 nitrogen and oxygen atoms in total.